The number of rotatable bonds is 4. The smallest absolute Gasteiger partial charge is 0.223 e. The van der Waals surface area contributed by atoms with Gasteiger partial charge in [0.15, 0.2) is 0 Å². The number of ether oxygens (including phenoxy) is 1. The van der Waals surface area contributed by atoms with Gasteiger partial charge in [-0.2, -0.15) is 0 Å². The molecule has 1 saturated carbocycles. The minimum atomic E-state index is 0.169. The topological polar surface area (TPSA) is 51.2 Å². The van der Waals surface area contributed by atoms with Gasteiger partial charge in [0.2, 0.25) is 11.8 Å². The average molecular weight is 220 g/mol. The molecule has 4 heteroatoms. The molecular formula is C12H16N2O2. The van der Waals surface area contributed by atoms with E-state index in [0.717, 1.165) is 18.4 Å². The van der Waals surface area contributed by atoms with Gasteiger partial charge in [0.05, 0.1) is 7.11 Å². The van der Waals surface area contributed by atoms with Gasteiger partial charge in [0.1, 0.15) is 0 Å². The van der Waals surface area contributed by atoms with Crippen molar-refractivity contribution in [2.24, 2.45) is 5.92 Å². The lowest BCUT2D eigenvalue weighted by molar-refractivity contribution is -0.127. The fourth-order valence-corrected chi connectivity index (χ4v) is 1.64. The Bertz CT molecular complexity index is 358. The number of nitrogens with one attached hydrogen (secondary N) is 1. The summed E-state index contributed by atoms with van der Waals surface area (Å²) in [6, 6.07) is 3.71. The summed E-state index contributed by atoms with van der Waals surface area (Å²) in [5.41, 5.74) is 0.994. The third-order valence-corrected chi connectivity index (χ3v) is 2.95. The molecule has 0 bridgehead atoms. The van der Waals surface area contributed by atoms with E-state index in [-0.39, 0.29) is 11.8 Å². The van der Waals surface area contributed by atoms with Crippen molar-refractivity contribution in [1.82, 2.24) is 10.3 Å². The number of pyridine rings is 1. The lowest BCUT2D eigenvalue weighted by atomic mass is 9.85. The van der Waals surface area contributed by atoms with Gasteiger partial charge in [0.25, 0.3) is 0 Å². The largest absolute Gasteiger partial charge is 0.481 e. The zero-order valence-electron chi connectivity index (χ0n) is 9.40. The summed E-state index contributed by atoms with van der Waals surface area (Å²) in [5.74, 6) is 1.00. The second kappa shape index (κ2) is 4.96. The third kappa shape index (κ3) is 2.51. The number of hydrogen-bond donors (Lipinski definition) is 1. The maximum atomic E-state index is 11.6. The van der Waals surface area contributed by atoms with Crippen LogP contribution in [0.1, 0.15) is 24.8 Å². The zero-order valence-corrected chi connectivity index (χ0v) is 9.40. The quantitative estimate of drug-likeness (QED) is 0.836. The molecule has 0 atom stereocenters. The van der Waals surface area contributed by atoms with Crippen LogP contribution < -0.4 is 10.1 Å². The van der Waals surface area contributed by atoms with Crippen LogP contribution in [0.15, 0.2) is 18.3 Å². The summed E-state index contributed by atoms with van der Waals surface area (Å²) in [6.07, 6.45) is 4.97. The molecule has 0 radical (unpaired) electrons. The molecule has 86 valence electrons. The van der Waals surface area contributed by atoms with Crippen LogP contribution in [0.2, 0.25) is 0 Å². The van der Waals surface area contributed by atoms with Crippen LogP contribution in [-0.4, -0.2) is 18.0 Å². The lowest BCUT2D eigenvalue weighted by Gasteiger charge is -2.23. The maximum absolute atomic E-state index is 11.6. The van der Waals surface area contributed by atoms with Gasteiger partial charge >= 0.3 is 0 Å². The molecule has 1 amide bonds. The van der Waals surface area contributed by atoms with Crippen LogP contribution >= 0.6 is 0 Å². The number of nitrogens with zero attached hydrogens (tertiary/aromatic N) is 1. The van der Waals surface area contributed by atoms with Crippen LogP contribution in [0, 0.1) is 5.92 Å². The first-order valence-electron chi connectivity index (χ1n) is 5.56. The van der Waals surface area contributed by atoms with E-state index in [2.05, 4.69) is 10.3 Å². The highest BCUT2D eigenvalue weighted by atomic mass is 16.5. The standard InChI is InChI=1S/C12H16N2O2/c1-16-11-6-5-9(7-13-11)8-14-12(15)10-3-2-4-10/h5-7,10H,2-4,8H2,1H3,(H,14,15). The van der Waals surface area contributed by atoms with Crippen molar-refractivity contribution in [2.45, 2.75) is 25.8 Å². The van der Waals surface area contributed by atoms with Crippen molar-refractivity contribution in [2.75, 3.05) is 7.11 Å². The Morgan fingerprint density at radius 2 is 2.38 bits per heavy atom. The Balaban J connectivity index is 1.81. The highest BCUT2D eigenvalue weighted by Crippen LogP contribution is 2.26. The van der Waals surface area contributed by atoms with Crippen molar-refractivity contribution < 1.29 is 9.53 Å². The lowest BCUT2D eigenvalue weighted by Crippen LogP contribution is -2.33. The zero-order chi connectivity index (χ0) is 11.4. The first-order valence-corrected chi connectivity index (χ1v) is 5.56. The first kappa shape index (κ1) is 10.9. The van der Waals surface area contributed by atoms with Crippen LogP contribution in [-0.2, 0) is 11.3 Å². The van der Waals surface area contributed by atoms with E-state index in [0.29, 0.717) is 12.4 Å². The number of amides is 1. The molecule has 1 aromatic rings. The summed E-state index contributed by atoms with van der Waals surface area (Å²) < 4.78 is 4.96. The molecule has 1 heterocycles. The molecular weight excluding hydrogens is 204 g/mol. The fourth-order valence-electron chi connectivity index (χ4n) is 1.64. The van der Waals surface area contributed by atoms with Gasteiger partial charge in [-0.1, -0.05) is 12.5 Å². The van der Waals surface area contributed by atoms with Crippen LogP contribution in [0.3, 0.4) is 0 Å². The summed E-state index contributed by atoms with van der Waals surface area (Å²) in [4.78, 5) is 15.6. The number of carbonyl (C=O) groups is 1. The summed E-state index contributed by atoms with van der Waals surface area (Å²) in [6.45, 7) is 0.548. The molecule has 1 aliphatic carbocycles. The Kier molecular flexibility index (Phi) is 3.39. The Morgan fingerprint density at radius 3 is 2.88 bits per heavy atom. The summed E-state index contributed by atoms with van der Waals surface area (Å²) in [7, 11) is 1.58. The van der Waals surface area contributed by atoms with Gasteiger partial charge < -0.3 is 10.1 Å². The number of carbonyl (C=O) groups excluding carboxylic acids is 1. The molecule has 0 aliphatic heterocycles. The SMILES string of the molecule is COc1ccc(CNC(=O)C2CCC2)cn1. The predicted octanol–water partition coefficient (Wildman–Crippen LogP) is 1.51. The van der Waals surface area contributed by atoms with Gasteiger partial charge in [-0.25, -0.2) is 4.98 Å². The van der Waals surface area contributed by atoms with E-state index in [4.69, 9.17) is 4.74 Å². The Hall–Kier alpha value is -1.58. The molecule has 16 heavy (non-hydrogen) atoms. The minimum Gasteiger partial charge on any atom is -0.481 e. The van der Waals surface area contributed by atoms with E-state index in [9.17, 15) is 4.79 Å². The number of methoxy groups -OCH3 is 1. The second-order valence-electron chi connectivity index (χ2n) is 4.05. The molecule has 0 unspecified atom stereocenters. The Morgan fingerprint density at radius 1 is 1.56 bits per heavy atom. The highest BCUT2D eigenvalue weighted by Gasteiger charge is 2.24. The normalized spacial score (nSPS) is 15.3. The average Bonchev–Trinajstić information content (AvgIpc) is 2.25. The molecule has 1 fully saturated rings. The molecule has 2 rings (SSSR count). The van der Waals surface area contributed by atoms with Crippen molar-refractivity contribution in [1.29, 1.82) is 0 Å². The van der Waals surface area contributed by atoms with E-state index >= 15 is 0 Å². The van der Waals surface area contributed by atoms with E-state index in [1.54, 1.807) is 19.4 Å². The molecule has 0 spiro atoms. The molecule has 4 nitrogen and oxygen atoms in total. The second-order valence-corrected chi connectivity index (χ2v) is 4.05. The molecule has 1 aromatic heterocycles. The number of hydrogen-bond acceptors (Lipinski definition) is 3. The van der Waals surface area contributed by atoms with Gasteiger partial charge in [0, 0.05) is 24.7 Å². The van der Waals surface area contributed by atoms with Crippen molar-refractivity contribution >= 4 is 5.91 Å². The fraction of sp³-hybridized carbons (Fsp3) is 0.500. The molecule has 0 saturated heterocycles. The minimum absolute atomic E-state index is 0.169. The van der Waals surface area contributed by atoms with E-state index in [1.807, 2.05) is 6.07 Å². The van der Waals surface area contributed by atoms with Crippen molar-refractivity contribution in [3.8, 4) is 5.88 Å². The highest BCUT2D eigenvalue weighted by molar-refractivity contribution is 5.79. The summed E-state index contributed by atoms with van der Waals surface area (Å²) in [5, 5.41) is 2.92. The molecule has 1 N–H and O–H groups in total. The van der Waals surface area contributed by atoms with Gasteiger partial charge in [-0.05, 0) is 18.4 Å². The van der Waals surface area contributed by atoms with Crippen LogP contribution in [0.4, 0.5) is 0 Å². The predicted molar refractivity (Wildman–Crippen MR) is 60.0 cm³/mol. The first-order chi connectivity index (χ1) is 7.79. The molecule has 1 aliphatic rings. The number of aromatic nitrogens is 1. The van der Waals surface area contributed by atoms with E-state index < -0.39 is 0 Å². The Labute approximate surface area is 95.0 Å². The van der Waals surface area contributed by atoms with Crippen molar-refractivity contribution in [3.05, 3.63) is 23.9 Å². The van der Waals surface area contributed by atoms with E-state index in [1.165, 1.54) is 6.42 Å². The third-order valence-electron chi connectivity index (χ3n) is 2.95. The van der Waals surface area contributed by atoms with Gasteiger partial charge in [-0.15, -0.1) is 0 Å². The maximum Gasteiger partial charge on any atom is 0.223 e. The molecule has 0 aromatic carbocycles. The van der Waals surface area contributed by atoms with Gasteiger partial charge in [-0.3, -0.25) is 4.79 Å². The van der Waals surface area contributed by atoms with Crippen molar-refractivity contribution in [3.63, 3.8) is 0 Å². The summed E-state index contributed by atoms with van der Waals surface area (Å²) >= 11 is 0. The monoisotopic (exact) mass is 220 g/mol. The van der Waals surface area contributed by atoms with Crippen LogP contribution in [0.25, 0.3) is 0 Å². The van der Waals surface area contributed by atoms with Crippen LogP contribution in [0.5, 0.6) is 5.88 Å².